The first kappa shape index (κ1) is 13.5. The average Bonchev–Trinajstić information content (AvgIpc) is 2.90. The highest BCUT2D eigenvalue weighted by molar-refractivity contribution is 7.90. The van der Waals surface area contributed by atoms with Gasteiger partial charge in [-0.1, -0.05) is 18.1 Å². The lowest BCUT2D eigenvalue weighted by molar-refractivity contribution is 0.552. The number of aryl methyl sites for hydroxylation is 2. The molecule has 102 valence electrons. The van der Waals surface area contributed by atoms with E-state index in [2.05, 4.69) is 10.3 Å². The van der Waals surface area contributed by atoms with Crippen molar-refractivity contribution in [2.45, 2.75) is 51.8 Å². The van der Waals surface area contributed by atoms with Crippen LogP contribution in [-0.2, 0) is 22.1 Å². The molecule has 0 atom stereocenters. The van der Waals surface area contributed by atoms with Crippen molar-refractivity contribution in [3.63, 3.8) is 0 Å². The molecule has 1 aromatic rings. The third-order valence-corrected chi connectivity index (χ3v) is 5.34. The Labute approximate surface area is 108 Å². The van der Waals surface area contributed by atoms with Crippen molar-refractivity contribution in [2.24, 2.45) is 5.92 Å². The van der Waals surface area contributed by atoms with Gasteiger partial charge in [-0.25, -0.2) is 13.1 Å². The molecule has 6 heteroatoms. The van der Waals surface area contributed by atoms with Gasteiger partial charge in [0, 0.05) is 6.54 Å². The molecule has 2 rings (SSSR count). The quantitative estimate of drug-likeness (QED) is 0.818. The van der Waals surface area contributed by atoms with Gasteiger partial charge in [0.25, 0.3) is 0 Å². The van der Waals surface area contributed by atoms with Crippen LogP contribution in [0.3, 0.4) is 0 Å². The van der Waals surface area contributed by atoms with E-state index in [9.17, 15) is 8.42 Å². The molecular weight excluding hydrogens is 250 g/mol. The summed E-state index contributed by atoms with van der Waals surface area (Å²) < 4.78 is 26.1. The van der Waals surface area contributed by atoms with E-state index in [0.29, 0.717) is 18.2 Å². The Bertz CT molecular complexity index is 501. The van der Waals surface area contributed by atoms with Gasteiger partial charge in [-0.2, -0.15) is 0 Å². The summed E-state index contributed by atoms with van der Waals surface area (Å²) in [6.45, 7) is 4.43. The zero-order valence-electron chi connectivity index (χ0n) is 11.1. The summed E-state index contributed by atoms with van der Waals surface area (Å²) in [5, 5.41) is 7.90. The standard InChI is InChI=1S/C12H21N3O2S/c1-3-15-12(10(2)13-14-15)9-18(16,17)8-11-6-4-5-7-11/h11H,3-9H2,1-2H3. The first-order chi connectivity index (χ1) is 8.52. The Kier molecular flexibility index (Phi) is 4.04. The van der Waals surface area contributed by atoms with Crippen LogP contribution < -0.4 is 0 Å². The third kappa shape index (κ3) is 3.10. The van der Waals surface area contributed by atoms with Crippen molar-refractivity contribution >= 4 is 9.84 Å². The van der Waals surface area contributed by atoms with E-state index in [1.54, 1.807) is 4.68 Å². The Morgan fingerprint density at radius 3 is 2.61 bits per heavy atom. The van der Waals surface area contributed by atoms with E-state index in [-0.39, 0.29) is 5.75 Å². The smallest absolute Gasteiger partial charge is 0.156 e. The lowest BCUT2D eigenvalue weighted by Crippen LogP contribution is -2.18. The number of aromatic nitrogens is 3. The fourth-order valence-electron chi connectivity index (χ4n) is 2.66. The van der Waals surface area contributed by atoms with Crippen LogP contribution >= 0.6 is 0 Å². The van der Waals surface area contributed by atoms with E-state index in [0.717, 1.165) is 24.2 Å². The van der Waals surface area contributed by atoms with Crippen molar-refractivity contribution < 1.29 is 8.42 Å². The number of nitrogens with zero attached hydrogens (tertiary/aromatic N) is 3. The molecule has 1 aromatic heterocycles. The average molecular weight is 271 g/mol. The van der Waals surface area contributed by atoms with Crippen molar-refractivity contribution in [3.8, 4) is 0 Å². The molecule has 1 aliphatic rings. The molecule has 0 radical (unpaired) electrons. The second kappa shape index (κ2) is 5.38. The van der Waals surface area contributed by atoms with Crippen LogP contribution in [0.15, 0.2) is 0 Å². The number of hydrogen-bond acceptors (Lipinski definition) is 4. The summed E-state index contributed by atoms with van der Waals surface area (Å²) in [4.78, 5) is 0. The van der Waals surface area contributed by atoms with Crippen LogP contribution in [0.25, 0.3) is 0 Å². The van der Waals surface area contributed by atoms with Crippen LogP contribution in [-0.4, -0.2) is 29.2 Å². The monoisotopic (exact) mass is 271 g/mol. The van der Waals surface area contributed by atoms with Crippen LogP contribution in [0, 0.1) is 12.8 Å². The van der Waals surface area contributed by atoms with Crippen LogP contribution in [0.1, 0.15) is 44.0 Å². The van der Waals surface area contributed by atoms with Crippen molar-refractivity contribution in [1.29, 1.82) is 0 Å². The normalized spacial score (nSPS) is 17.4. The second-order valence-electron chi connectivity index (χ2n) is 5.14. The summed E-state index contributed by atoms with van der Waals surface area (Å²) in [6.07, 6.45) is 4.47. The number of hydrogen-bond donors (Lipinski definition) is 0. The van der Waals surface area contributed by atoms with Crippen molar-refractivity contribution in [3.05, 3.63) is 11.4 Å². The van der Waals surface area contributed by atoms with Gasteiger partial charge in [-0.3, -0.25) is 0 Å². The molecule has 18 heavy (non-hydrogen) atoms. The summed E-state index contributed by atoms with van der Waals surface area (Å²) in [6, 6.07) is 0. The first-order valence-electron chi connectivity index (χ1n) is 6.61. The van der Waals surface area contributed by atoms with Gasteiger partial charge >= 0.3 is 0 Å². The summed E-state index contributed by atoms with van der Waals surface area (Å²) >= 11 is 0. The lowest BCUT2D eigenvalue weighted by atomic mass is 10.1. The van der Waals surface area contributed by atoms with Gasteiger partial charge in [0.15, 0.2) is 9.84 Å². The summed E-state index contributed by atoms with van der Waals surface area (Å²) in [5.74, 6) is 0.763. The van der Waals surface area contributed by atoms with E-state index >= 15 is 0 Å². The Balaban J connectivity index is 2.09. The molecule has 0 aliphatic heterocycles. The summed E-state index contributed by atoms with van der Waals surface area (Å²) in [7, 11) is -3.04. The van der Waals surface area contributed by atoms with Gasteiger partial charge in [0.1, 0.15) is 0 Å². The van der Waals surface area contributed by atoms with E-state index in [1.807, 2.05) is 13.8 Å². The van der Waals surface area contributed by atoms with Crippen LogP contribution in [0.5, 0.6) is 0 Å². The molecule has 0 N–H and O–H groups in total. The van der Waals surface area contributed by atoms with Gasteiger partial charge in [0.2, 0.25) is 0 Å². The minimum atomic E-state index is -3.04. The van der Waals surface area contributed by atoms with E-state index < -0.39 is 9.84 Å². The highest BCUT2D eigenvalue weighted by atomic mass is 32.2. The highest BCUT2D eigenvalue weighted by Gasteiger charge is 2.24. The fraction of sp³-hybridized carbons (Fsp3) is 0.833. The zero-order chi connectivity index (χ0) is 13.2. The van der Waals surface area contributed by atoms with Gasteiger partial charge in [-0.05, 0) is 32.6 Å². The van der Waals surface area contributed by atoms with Gasteiger partial charge < -0.3 is 0 Å². The van der Waals surface area contributed by atoms with Crippen LogP contribution in [0.4, 0.5) is 0 Å². The molecule has 0 unspecified atom stereocenters. The SMILES string of the molecule is CCn1nnc(C)c1CS(=O)(=O)CC1CCCC1. The van der Waals surface area contributed by atoms with Crippen LogP contribution in [0.2, 0.25) is 0 Å². The molecule has 5 nitrogen and oxygen atoms in total. The Morgan fingerprint density at radius 2 is 2.00 bits per heavy atom. The first-order valence-corrected chi connectivity index (χ1v) is 8.43. The van der Waals surface area contributed by atoms with Crippen molar-refractivity contribution in [2.75, 3.05) is 5.75 Å². The molecule has 0 amide bonds. The molecule has 1 fully saturated rings. The Morgan fingerprint density at radius 1 is 1.33 bits per heavy atom. The number of sulfone groups is 1. The molecule has 0 bridgehead atoms. The fourth-order valence-corrected chi connectivity index (χ4v) is 4.60. The third-order valence-electron chi connectivity index (χ3n) is 3.65. The predicted molar refractivity (Wildman–Crippen MR) is 69.9 cm³/mol. The van der Waals surface area contributed by atoms with Gasteiger partial charge in [-0.15, -0.1) is 5.10 Å². The molecular formula is C12H21N3O2S. The maximum Gasteiger partial charge on any atom is 0.156 e. The number of rotatable bonds is 5. The minimum Gasteiger partial charge on any atom is -0.248 e. The molecule has 1 aliphatic carbocycles. The van der Waals surface area contributed by atoms with Crippen molar-refractivity contribution in [1.82, 2.24) is 15.0 Å². The zero-order valence-corrected chi connectivity index (χ0v) is 11.9. The minimum absolute atomic E-state index is 0.0795. The predicted octanol–water partition coefficient (Wildman–Crippen LogP) is 1.71. The molecule has 0 aromatic carbocycles. The Hall–Kier alpha value is -0.910. The topological polar surface area (TPSA) is 64.8 Å². The lowest BCUT2D eigenvalue weighted by Gasteiger charge is -2.10. The summed E-state index contributed by atoms with van der Waals surface area (Å²) in [5.41, 5.74) is 1.47. The maximum absolute atomic E-state index is 12.2. The van der Waals surface area contributed by atoms with Gasteiger partial charge in [0.05, 0.1) is 22.9 Å². The maximum atomic E-state index is 12.2. The molecule has 1 saturated carbocycles. The molecule has 1 heterocycles. The van der Waals surface area contributed by atoms with E-state index in [4.69, 9.17) is 0 Å². The highest BCUT2D eigenvalue weighted by Crippen LogP contribution is 2.27. The second-order valence-corrected chi connectivity index (χ2v) is 7.25. The van der Waals surface area contributed by atoms with E-state index in [1.165, 1.54) is 12.8 Å². The molecule has 0 saturated heterocycles. The molecule has 0 spiro atoms. The largest absolute Gasteiger partial charge is 0.248 e.